The maximum Gasteiger partial charge on any atom is 0.303 e. The first-order valence-electron chi connectivity index (χ1n) is 6.52. The van der Waals surface area contributed by atoms with Gasteiger partial charge in [-0.15, -0.1) is 0 Å². The Labute approximate surface area is 131 Å². The number of aliphatic carboxylic acids is 1. The summed E-state index contributed by atoms with van der Waals surface area (Å²) in [5.74, 6) is 0.214. The zero-order valence-corrected chi connectivity index (χ0v) is 12.7. The van der Waals surface area contributed by atoms with Gasteiger partial charge >= 0.3 is 5.97 Å². The van der Waals surface area contributed by atoms with Crippen LogP contribution in [0.3, 0.4) is 0 Å². The topological polar surface area (TPSA) is 76.2 Å². The average Bonchev–Trinajstić information content (AvgIpc) is 2.87. The van der Waals surface area contributed by atoms with E-state index < -0.39 is 5.97 Å². The molecule has 0 saturated heterocycles. The lowest BCUT2D eigenvalue weighted by Gasteiger charge is -2.02. The highest BCUT2D eigenvalue weighted by atomic mass is 35.5. The monoisotopic (exact) mass is 328 g/mol. The number of hydrogen-bond donors (Lipinski definition) is 1. The fourth-order valence-electron chi connectivity index (χ4n) is 1.88. The molecule has 2 rings (SSSR count). The Morgan fingerprint density at radius 3 is 2.62 bits per heavy atom. The van der Waals surface area contributed by atoms with Crippen LogP contribution in [0.15, 0.2) is 22.7 Å². The Hall–Kier alpha value is -1.59. The summed E-state index contributed by atoms with van der Waals surface area (Å²) in [7, 11) is 0. The Kier molecular flexibility index (Phi) is 5.59. The number of carbonyl (C=O) groups is 1. The van der Waals surface area contributed by atoms with Gasteiger partial charge in [0.1, 0.15) is 0 Å². The van der Waals surface area contributed by atoms with Crippen molar-refractivity contribution in [3.8, 4) is 0 Å². The summed E-state index contributed by atoms with van der Waals surface area (Å²) in [5.41, 5.74) is 0.763. The fraction of sp³-hybridized carbons (Fsp3) is 0.357. The van der Waals surface area contributed by atoms with Gasteiger partial charge in [0.25, 0.3) is 0 Å². The minimum atomic E-state index is -0.797. The van der Waals surface area contributed by atoms with E-state index in [0.29, 0.717) is 47.4 Å². The molecule has 1 heterocycles. The second-order valence-corrected chi connectivity index (χ2v) is 5.40. The van der Waals surface area contributed by atoms with Crippen LogP contribution in [0.4, 0.5) is 0 Å². The summed E-state index contributed by atoms with van der Waals surface area (Å²) < 4.78 is 5.13. The largest absolute Gasteiger partial charge is 0.481 e. The molecular weight excluding hydrogens is 315 g/mol. The van der Waals surface area contributed by atoms with E-state index in [1.807, 2.05) is 0 Å². The van der Waals surface area contributed by atoms with Crippen molar-refractivity contribution in [2.75, 3.05) is 0 Å². The molecule has 0 aliphatic rings. The third-order valence-corrected chi connectivity index (χ3v) is 3.65. The van der Waals surface area contributed by atoms with Gasteiger partial charge < -0.3 is 9.63 Å². The first kappa shape index (κ1) is 15.8. The predicted octanol–water partition coefficient (Wildman–Crippen LogP) is 3.76. The number of benzene rings is 1. The maximum atomic E-state index is 10.4. The van der Waals surface area contributed by atoms with Crippen molar-refractivity contribution in [3.63, 3.8) is 0 Å². The van der Waals surface area contributed by atoms with Crippen LogP contribution >= 0.6 is 23.2 Å². The van der Waals surface area contributed by atoms with Gasteiger partial charge in [-0.2, -0.15) is 4.98 Å². The first-order valence-corrected chi connectivity index (χ1v) is 7.28. The highest BCUT2D eigenvalue weighted by molar-refractivity contribution is 6.36. The van der Waals surface area contributed by atoms with E-state index in [2.05, 4.69) is 10.1 Å². The van der Waals surface area contributed by atoms with Gasteiger partial charge in [-0.25, -0.2) is 0 Å². The van der Waals surface area contributed by atoms with Crippen LogP contribution in [0.1, 0.15) is 36.5 Å². The number of halogens is 2. The van der Waals surface area contributed by atoms with Crippen LogP contribution in [-0.2, 0) is 17.6 Å². The maximum absolute atomic E-state index is 10.4. The molecule has 1 aromatic carbocycles. The summed E-state index contributed by atoms with van der Waals surface area (Å²) in [5, 5.41) is 13.6. The zero-order valence-electron chi connectivity index (χ0n) is 11.2. The van der Waals surface area contributed by atoms with E-state index in [1.165, 1.54) is 0 Å². The van der Waals surface area contributed by atoms with Gasteiger partial charge in [-0.05, 0) is 30.5 Å². The molecular formula is C14H14Cl2N2O3. The molecule has 7 heteroatoms. The van der Waals surface area contributed by atoms with Crippen LogP contribution in [0.25, 0.3) is 0 Å². The quantitative estimate of drug-likeness (QED) is 0.783. The molecule has 21 heavy (non-hydrogen) atoms. The number of unbranched alkanes of at least 4 members (excludes halogenated alkanes) is 1. The molecule has 0 radical (unpaired) electrons. The molecule has 0 amide bonds. The normalized spacial score (nSPS) is 10.8. The number of rotatable bonds is 7. The zero-order chi connectivity index (χ0) is 15.2. The number of carboxylic acid groups (broad SMARTS) is 1. The van der Waals surface area contributed by atoms with Gasteiger partial charge in [-0.1, -0.05) is 34.4 Å². The summed E-state index contributed by atoms with van der Waals surface area (Å²) in [6.45, 7) is 0. The minimum absolute atomic E-state index is 0.149. The van der Waals surface area contributed by atoms with Crippen molar-refractivity contribution in [3.05, 3.63) is 45.5 Å². The second kappa shape index (κ2) is 7.43. The highest BCUT2D eigenvalue weighted by Gasteiger charge is 2.12. The van der Waals surface area contributed by atoms with Crippen LogP contribution in [-0.4, -0.2) is 21.2 Å². The summed E-state index contributed by atoms with van der Waals surface area (Å²) >= 11 is 12.2. The molecule has 0 spiro atoms. The Morgan fingerprint density at radius 1 is 1.24 bits per heavy atom. The number of nitrogens with zero attached hydrogens (tertiary/aromatic N) is 2. The van der Waals surface area contributed by atoms with Crippen molar-refractivity contribution in [1.29, 1.82) is 0 Å². The second-order valence-electron chi connectivity index (χ2n) is 4.58. The van der Waals surface area contributed by atoms with Crippen LogP contribution in [0.2, 0.25) is 10.0 Å². The molecule has 1 aromatic heterocycles. The van der Waals surface area contributed by atoms with E-state index in [9.17, 15) is 4.79 Å². The van der Waals surface area contributed by atoms with E-state index in [1.54, 1.807) is 18.2 Å². The number of aromatic nitrogens is 2. The van der Waals surface area contributed by atoms with Crippen molar-refractivity contribution in [1.82, 2.24) is 10.1 Å². The van der Waals surface area contributed by atoms with Crippen LogP contribution in [0.5, 0.6) is 0 Å². The summed E-state index contributed by atoms with van der Waals surface area (Å²) in [6, 6.07) is 5.30. The van der Waals surface area contributed by atoms with Crippen molar-refractivity contribution < 1.29 is 14.4 Å². The molecule has 5 nitrogen and oxygen atoms in total. The smallest absolute Gasteiger partial charge is 0.303 e. The van der Waals surface area contributed by atoms with E-state index in [4.69, 9.17) is 32.8 Å². The Bertz CT molecular complexity index is 608. The lowest BCUT2D eigenvalue weighted by atomic mass is 10.1. The fourth-order valence-corrected chi connectivity index (χ4v) is 2.41. The molecule has 0 atom stereocenters. The van der Waals surface area contributed by atoms with Crippen LogP contribution < -0.4 is 0 Å². The van der Waals surface area contributed by atoms with Gasteiger partial charge in [0, 0.05) is 29.3 Å². The highest BCUT2D eigenvalue weighted by Crippen LogP contribution is 2.26. The molecule has 0 aliphatic carbocycles. The van der Waals surface area contributed by atoms with Gasteiger partial charge in [0.15, 0.2) is 5.82 Å². The SMILES string of the molecule is O=C(O)CCCCc1nc(Cc2c(Cl)cccc2Cl)no1. The molecule has 112 valence electrons. The molecule has 0 unspecified atom stereocenters. The molecule has 0 fully saturated rings. The first-order chi connectivity index (χ1) is 10.1. The number of aryl methyl sites for hydroxylation is 1. The molecule has 0 saturated carbocycles. The van der Waals surface area contributed by atoms with Crippen molar-refractivity contribution in [2.24, 2.45) is 0 Å². The van der Waals surface area contributed by atoms with E-state index >= 15 is 0 Å². The van der Waals surface area contributed by atoms with Crippen LogP contribution in [0, 0.1) is 0 Å². The third-order valence-electron chi connectivity index (χ3n) is 2.94. The van der Waals surface area contributed by atoms with Gasteiger partial charge in [-0.3, -0.25) is 4.79 Å². The minimum Gasteiger partial charge on any atom is -0.481 e. The standard InChI is InChI=1S/C14H14Cl2N2O3/c15-10-4-3-5-11(16)9(10)8-12-17-13(21-18-12)6-1-2-7-14(19)20/h3-5H,1-2,6-8H2,(H,19,20). The van der Waals surface area contributed by atoms with Crippen molar-refractivity contribution >= 4 is 29.2 Å². The molecule has 1 N–H and O–H groups in total. The van der Waals surface area contributed by atoms with Gasteiger partial charge in [0.2, 0.25) is 5.89 Å². The Balaban J connectivity index is 1.92. The van der Waals surface area contributed by atoms with Crippen molar-refractivity contribution in [2.45, 2.75) is 32.1 Å². The Morgan fingerprint density at radius 2 is 1.95 bits per heavy atom. The van der Waals surface area contributed by atoms with E-state index in [-0.39, 0.29) is 6.42 Å². The molecule has 0 bridgehead atoms. The lowest BCUT2D eigenvalue weighted by Crippen LogP contribution is -1.96. The molecule has 0 aliphatic heterocycles. The predicted molar refractivity (Wildman–Crippen MR) is 78.8 cm³/mol. The lowest BCUT2D eigenvalue weighted by molar-refractivity contribution is -0.137. The molecule has 2 aromatic rings. The summed E-state index contributed by atoms with van der Waals surface area (Å²) in [4.78, 5) is 14.7. The van der Waals surface area contributed by atoms with E-state index in [0.717, 1.165) is 5.56 Å². The third kappa shape index (κ3) is 4.72. The number of carboxylic acids is 1. The summed E-state index contributed by atoms with van der Waals surface area (Å²) in [6.07, 6.45) is 2.40. The van der Waals surface area contributed by atoms with Gasteiger partial charge in [0.05, 0.1) is 0 Å². The average molecular weight is 329 g/mol. The number of hydrogen-bond acceptors (Lipinski definition) is 4.